The zero-order valence-electron chi connectivity index (χ0n) is 8.76. The third-order valence-electron chi connectivity index (χ3n) is 2.21. The van der Waals surface area contributed by atoms with E-state index in [2.05, 4.69) is 4.98 Å². The lowest BCUT2D eigenvalue weighted by Gasteiger charge is -2.04. The van der Waals surface area contributed by atoms with Crippen molar-refractivity contribution in [1.29, 1.82) is 0 Å². The molecule has 0 spiro atoms. The second kappa shape index (κ2) is 5.11. The minimum absolute atomic E-state index is 0. The molecule has 0 amide bonds. The summed E-state index contributed by atoms with van der Waals surface area (Å²) < 4.78 is 11.0. The first kappa shape index (κ1) is 14.7. The van der Waals surface area contributed by atoms with Crippen LogP contribution >= 0.6 is 24.6 Å². The first-order chi connectivity index (χ1) is 7.89. The van der Waals surface area contributed by atoms with Crippen molar-refractivity contribution in [1.82, 2.24) is 4.98 Å². The molecule has 0 radical (unpaired) electrons. The number of para-hydroxylation sites is 1. The van der Waals surface area contributed by atoms with Gasteiger partial charge in [0, 0.05) is 17.6 Å². The van der Waals surface area contributed by atoms with Gasteiger partial charge in [-0.3, -0.25) is 14.7 Å². The Hall–Kier alpha value is -1.34. The number of nitro benzene ring substituents is 1. The molecule has 0 saturated carbocycles. The summed E-state index contributed by atoms with van der Waals surface area (Å²) >= 11 is 0. The van der Waals surface area contributed by atoms with Crippen molar-refractivity contribution in [3.8, 4) is 0 Å². The zero-order chi connectivity index (χ0) is 12.6. The molecule has 0 bridgehead atoms. The van der Waals surface area contributed by atoms with Crippen LogP contribution in [0.4, 0.5) is 5.69 Å². The molecule has 0 fully saturated rings. The van der Waals surface area contributed by atoms with E-state index in [1.165, 1.54) is 24.3 Å². The predicted octanol–water partition coefficient (Wildman–Crippen LogP) is 1.52. The van der Waals surface area contributed by atoms with E-state index in [1.54, 1.807) is 0 Å². The Morgan fingerprint density at radius 1 is 1.33 bits per heavy atom. The fourth-order valence-electron chi connectivity index (χ4n) is 1.44. The molecule has 2 rings (SSSR count). The lowest BCUT2D eigenvalue weighted by atomic mass is 10.2. The number of non-ortho nitro benzene ring substituents is 1. The lowest BCUT2D eigenvalue weighted by Crippen LogP contribution is -2.05. The maximum Gasteiger partial charge on any atom is 0.357 e. The minimum atomic E-state index is -4.39. The summed E-state index contributed by atoms with van der Waals surface area (Å²) in [5.41, 5.74) is -0.0885. The molecule has 1 heterocycles. The van der Waals surface area contributed by atoms with Crippen LogP contribution in [0.15, 0.2) is 30.5 Å². The van der Waals surface area contributed by atoms with Crippen molar-refractivity contribution in [3.63, 3.8) is 0 Å². The molecule has 0 atom stereocenters. The average Bonchev–Trinajstić information content (AvgIpc) is 2.26. The van der Waals surface area contributed by atoms with Crippen molar-refractivity contribution in [2.45, 2.75) is 0 Å². The number of hydrogen-bond donors (Lipinski definition) is 2. The van der Waals surface area contributed by atoms with Gasteiger partial charge in [0.05, 0.1) is 10.2 Å². The molecule has 0 aliphatic heterocycles. The van der Waals surface area contributed by atoms with Crippen LogP contribution in [-0.4, -0.2) is 19.7 Å². The molecule has 1 aromatic heterocycles. The van der Waals surface area contributed by atoms with Gasteiger partial charge >= 0.3 is 7.60 Å². The van der Waals surface area contributed by atoms with E-state index in [9.17, 15) is 14.7 Å². The van der Waals surface area contributed by atoms with Gasteiger partial charge in [0.15, 0.2) is 0 Å². The van der Waals surface area contributed by atoms with Crippen LogP contribution in [-0.2, 0) is 4.57 Å². The molecular weight excluding hydrogens is 327 g/mol. The summed E-state index contributed by atoms with van der Waals surface area (Å²) in [4.78, 5) is 31.8. The molecule has 0 aliphatic carbocycles. The Morgan fingerprint density at radius 3 is 2.56 bits per heavy atom. The third kappa shape index (κ3) is 2.73. The highest BCUT2D eigenvalue weighted by Gasteiger charge is 2.20. The second-order valence-electron chi connectivity index (χ2n) is 3.34. The smallest absolute Gasteiger partial charge is 0.321 e. The highest BCUT2D eigenvalue weighted by atomic mass is 79.9. The number of benzene rings is 1. The SMILES string of the molecule is Br.O=[N+]([O-])c1cccc2cc(P(=O)(O)O)cnc12. The Balaban J connectivity index is 0.00000162. The number of nitro groups is 1. The molecule has 7 nitrogen and oxygen atoms in total. The molecular formula is C9H8BrN2O5P. The highest BCUT2D eigenvalue weighted by molar-refractivity contribution is 8.93. The standard InChI is InChI=1S/C9H7N2O5P.BrH/c12-11(13)8-3-1-2-6-4-7(17(14,15)16)5-10-9(6)8;/h1-5H,(H2,14,15,16);1H. The van der Waals surface area contributed by atoms with Crippen LogP contribution in [0.2, 0.25) is 0 Å². The van der Waals surface area contributed by atoms with Gasteiger partial charge in [-0.15, -0.1) is 17.0 Å². The van der Waals surface area contributed by atoms with Crippen molar-refractivity contribution in [3.05, 3.63) is 40.6 Å². The fourth-order valence-corrected chi connectivity index (χ4v) is 1.96. The molecule has 0 saturated heterocycles. The molecule has 18 heavy (non-hydrogen) atoms. The van der Waals surface area contributed by atoms with E-state index < -0.39 is 12.5 Å². The molecule has 0 unspecified atom stereocenters. The quantitative estimate of drug-likeness (QED) is 0.489. The van der Waals surface area contributed by atoms with Crippen molar-refractivity contribution >= 4 is 46.5 Å². The van der Waals surface area contributed by atoms with E-state index in [4.69, 9.17) is 9.79 Å². The van der Waals surface area contributed by atoms with Gasteiger partial charge in [-0.2, -0.15) is 0 Å². The van der Waals surface area contributed by atoms with Crippen LogP contribution in [0.1, 0.15) is 0 Å². The summed E-state index contributed by atoms with van der Waals surface area (Å²) in [5, 5.41) is 10.8. The third-order valence-corrected chi connectivity index (χ3v) is 3.13. The van der Waals surface area contributed by atoms with Gasteiger partial charge in [0.25, 0.3) is 5.69 Å². The Morgan fingerprint density at radius 2 is 2.00 bits per heavy atom. The lowest BCUT2D eigenvalue weighted by molar-refractivity contribution is -0.383. The summed E-state index contributed by atoms with van der Waals surface area (Å²) in [6.45, 7) is 0. The largest absolute Gasteiger partial charge is 0.357 e. The van der Waals surface area contributed by atoms with Crippen molar-refractivity contribution < 1.29 is 19.3 Å². The molecule has 2 N–H and O–H groups in total. The number of nitrogens with zero attached hydrogens (tertiary/aromatic N) is 2. The van der Waals surface area contributed by atoms with Crippen molar-refractivity contribution in [2.75, 3.05) is 0 Å². The number of rotatable bonds is 2. The normalized spacial score (nSPS) is 11.0. The maximum atomic E-state index is 11.0. The maximum absolute atomic E-state index is 11.0. The van der Waals surface area contributed by atoms with Gasteiger partial charge in [-0.05, 0) is 6.07 Å². The average molecular weight is 335 g/mol. The van der Waals surface area contributed by atoms with E-state index in [0.717, 1.165) is 6.20 Å². The minimum Gasteiger partial charge on any atom is -0.321 e. The number of fused-ring (bicyclic) bond motifs is 1. The summed E-state index contributed by atoms with van der Waals surface area (Å²) in [5.74, 6) is 0. The molecule has 9 heteroatoms. The number of hydrogen-bond acceptors (Lipinski definition) is 4. The summed E-state index contributed by atoms with van der Waals surface area (Å²) in [7, 11) is -4.39. The molecule has 1 aromatic carbocycles. The molecule has 2 aromatic rings. The van der Waals surface area contributed by atoms with Crippen LogP contribution in [0.3, 0.4) is 0 Å². The van der Waals surface area contributed by atoms with Gasteiger partial charge in [0.1, 0.15) is 5.52 Å². The van der Waals surface area contributed by atoms with Gasteiger partial charge < -0.3 is 9.79 Å². The second-order valence-corrected chi connectivity index (χ2v) is 4.95. The summed E-state index contributed by atoms with van der Waals surface area (Å²) in [6, 6.07) is 5.43. The molecule has 96 valence electrons. The van der Waals surface area contributed by atoms with Crippen LogP contribution in [0.5, 0.6) is 0 Å². The van der Waals surface area contributed by atoms with E-state index in [1.807, 2.05) is 0 Å². The summed E-state index contributed by atoms with van der Waals surface area (Å²) in [6.07, 6.45) is 0.954. The van der Waals surface area contributed by atoms with Gasteiger partial charge in [0.2, 0.25) is 0 Å². The molecule has 0 aliphatic rings. The first-order valence-electron chi connectivity index (χ1n) is 4.49. The van der Waals surface area contributed by atoms with Gasteiger partial charge in [-0.25, -0.2) is 4.98 Å². The van der Waals surface area contributed by atoms with Gasteiger partial charge in [-0.1, -0.05) is 12.1 Å². The van der Waals surface area contributed by atoms with Crippen molar-refractivity contribution in [2.24, 2.45) is 0 Å². The fraction of sp³-hybridized carbons (Fsp3) is 0. The Kier molecular flexibility index (Phi) is 4.18. The predicted molar refractivity (Wildman–Crippen MR) is 70.4 cm³/mol. The van der Waals surface area contributed by atoms with Crippen LogP contribution in [0.25, 0.3) is 10.9 Å². The number of pyridine rings is 1. The Bertz CT molecular complexity index is 656. The van der Waals surface area contributed by atoms with E-state index in [0.29, 0.717) is 5.39 Å². The van der Waals surface area contributed by atoms with E-state index in [-0.39, 0.29) is 33.5 Å². The Labute approximate surface area is 112 Å². The first-order valence-corrected chi connectivity index (χ1v) is 6.10. The topological polar surface area (TPSA) is 114 Å². The highest BCUT2D eigenvalue weighted by Crippen LogP contribution is 2.34. The number of aromatic nitrogens is 1. The monoisotopic (exact) mass is 334 g/mol. The van der Waals surface area contributed by atoms with E-state index >= 15 is 0 Å². The van der Waals surface area contributed by atoms with Crippen LogP contribution in [0, 0.1) is 10.1 Å². The van der Waals surface area contributed by atoms with Crippen LogP contribution < -0.4 is 5.30 Å². The number of halogens is 1. The zero-order valence-corrected chi connectivity index (χ0v) is 11.4.